The van der Waals surface area contributed by atoms with Gasteiger partial charge in [0, 0.05) is 6.20 Å². The predicted molar refractivity (Wildman–Crippen MR) is 99.3 cm³/mol. The molecule has 1 amide bonds. The lowest BCUT2D eigenvalue weighted by Crippen LogP contribution is -2.22. The molecule has 2 heterocycles. The lowest BCUT2D eigenvalue weighted by atomic mass is 10.3. The van der Waals surface area contributed by atoms with E-state index < -0.39 is 5.25 Å². The van der Waals surface area contributed by atoms with Gasteiger partial charge < -0.3 is 10.3 Å². The van der Waals surface area contributed by atoms with Crippen molar-refractivity contribution in [2.24, 2.45) is 0 Å². The van der Waals surface area contributed by atoms with Crippen LogP contribution in [0.5, 0.6) is 0 Å². The van der Waals surface area contributed by atoms with Crippen molar-refractivity contribution >= 4 is 69.3 Å². The van der Waals surface area contributed by atoms with Crippen molar-refractivity contribution in [3.63, 3.8) is 0 Å². The summed E-state index contributed by atoms with van der Waals surface area (Å²) >= 11 is 19.3. The second-order valence-electron chi connectivity index (χ2n) is 4.91. The van der Waals surface area contributed by atoms with Crippen LogP contribution in [0.25, 0.3) is 11.2 Å². The van der Waals surface area contributed by atoms with Crippen LogP contribution in [0.3, 0.4) is 0 Å². The molecule has 9 heteroatoms. The number of aromatic amines is 1. The van der Waals surface area contributed by atoms with Crippen molar-refractivity contribution in [2.45, 2.75) is 17.3 Å². The SMILES string of the molecule is C[C@H](Sc1nc2ncc(Cl)cc2[nH]1)C(=O)Nc1c(Cl)cccc1Cl. The number of hydrogen-bond donors (Lipinski definition) is 2. The van der Waals surface area contributed by atoms with Gasteiger partial charge in [-0.2, -0.15) is 0 Å². The lowest BCUT2D eigenvalue weighted by molar-refractivity contribution is -0.115. The first-order valence-electron chi connectivity index (χ1n) is 6.87. The summed E-state index contributed by atoms with van der Waals surface area (Å²) in [5, 5.41) is 4.18. The minimum absolute atomic E-state index is 0.235. The van der Waals surface area contributed by atoms with Gasteiger partial charge in [0.15, 0.2) is 10.8 Å². The Balaban J connectivity index is 1.73. The molecule has 0 aliphatic carbocycles. The Hall–Kier alpha value is -1.47. The number of anilines is 1. The van der Waals surface area contributed by atoms with E-state index in [9.17, 15) is 4.79 Å². The number of nitrogens with zero attached hydrogens (tertiary/aromatic N) is 2. The third kappa shape index (κ3) is 3.78. The number of aromatic nitrogens is 3. The van der Waals surface area contributed by atoms with E-state index in [1.54, 1.807) is 31.2 Å². The highest BCUT2D eigenvalue weighted by Gasteiger charge is 2.19. The van der Waals surface area contributed by atoms with Crippen LogP contribution in [0.15, 0.2) is 35.6 Å². The van der Waals surface area contributed by atoms with E-state index in [-0.39, 0.29) is 5.91 Å². The number of carbonyl (C=O) groups excluding carboxylic acids is 1. The summed E-state index contributed by atoms with van der Waals surface area (Å²) < 4.78 is 0. The van der Waals surface area contributed by atoms with Crippen molar-refractivity contribution in [1.29, 1.82) is 0 Å². The Bertz CT molecular complexity index is 895. The molecular weight excluding hydrogens is 391 g/mol. The number of amides is 1. The van der Waals surface area contributed by atoms with Crippen LogP contribution < -0.4 is 5.32 Å². The minimum Gasteiger partial charge on any atom is -0.331 e. The molecule has 0 radical (unpaired) electrons. The summed E-state index contributed by atoms with van der Waals surface area (Å²) in [5.74, 6) is -0.235. The fourth-order valence-electron chi connectivity index (χ4n) is 1.97. The number of fused-ring (bicyclic) bond motifs is 1. The normalized spacial score (nSPS) is 12.3. The zero-order chi connectivity index (χ0) is 17.3. The Morgan fingerprint density at radius 2 is 2.00 bits per heavy atom. The number of nitrogens with one attached hydrogen (secondary N) is 2. The van der Waals surface area contributed by atoms with Gasteiger partial charge in [0.05, 0.1) is 31.5 Å². The van der Waals surface area contributed by atoms with Gasteiger partial charge in [-0.05, 0) is 25.1 Å². The van der Waals surface area contributed by atoms with Gasteiger partial charge in [0.2, 0.25) is 5.91 Å². The largest absolute Gasteiger partial charge is 0.331 e. The number of benzene rings is 1. The number of hydrogen-bond acceptors (Lipinski definition) is 4. The highest BCUT2D eigenvalue weighted by molar-refractivity contribution is 8.00. The summed E-state index contributed by atoms with van der Waals surface area (Å²) in [6.45, 7) is 1.76. The molecule has 24 heavy (non-hydrogen) atoms. The van der Waals surface area contributed by atoms with Crippen LogP contribution in [0.1, 0.15) is 6.92 Å². The zero-order valence-corrected chi connectivity index (χ0v) is 15.4. The Kier molecular flexibility index (Phi) is 5.20. The van der Waals surface area contributed by atoms with Gasteiger partial charge in [-0.15, -0.1) is 0 Å². The molecular formula is C15H11Cl3N4OS. The second-order valence-corrected chi connectivity index (χ2v) is 7.49. The van der Waals surface area contributed by atoms with E-state index in [0.29, 0.717) is 37.1 Å². The standard InChI is InChI=1S/C15H11Cl3N4OS/c1-7(14(23)21-12-9(17)3-2-4-10(12)18)24-15-20-11-5-8(16)6-19-13(11)22-15/h2-7H,1H3,(H,21,23)(H,19,20,22)/t7-/m0/s1. The quantitative estimate of drug-likeness (QED) is 0.601. The van der Waals surface area contributed by atoms with Crippen LogP contribution in [0.2, 0.25) is 15.1 Å². The molecule has 1 atom stereocenters. The minimum atomic E-state index is -0.423. The summed E-state index contributed by atoms with van der Waals surface area (Å²) in [7, 11) is 0. The monoisotopic (exact) mass is 400 g/mol. The maximum atomic E-state index is 12.4. The molecule has 1 aromatic carbocycles. The molecule has 0 saturated heterocycles. The highest BCUT2D eigenvalue weighted by atomic mass is 35.5. The number of para-hydroxylation sites is 1. The third-order valence-electron chi connectivity index (χ3n) is 3.15. The van der Waals surface area contributed by atoms with Gasteiger partial charge in [-0.25, -0.2) is 9.97 Å². The summed E-state index contributed by atoms with van der Waals surface area (Å²) in [6.07, 6.45) is 1.52. The molecule has 0 aliphatic heterocycles. The molecule has 3 rings (SSSR count). The number of rotatable bonds is 4. The van der Waals surface area contributed by atoms with Crippen molar-refractivity contribution in [3.8, 4) is 0 Å². The van der Waals surface area contributed by atoms with Gasteiger partial charge >= 0.3 is 0 Å². The predicted octanol–water partition coefficient (Wildman–Crippen LogP) is 5.04. The number of imidazole rings is 1. The molecule has 2 N–H and O–H groups in total. The van der Waals surface area contributed by atoms with Crippen LogP contribution in [0, 0.1) is 0 Å². The molecule has 2 aromatic heterocycles. The molecule has 3 aromatic rings. The van der Waals surface area contributed by atoms with E-state index in [4.69, 9.17) is 34.8 Å². The van der Waals surface area contributed by atoms with Crippen LogP contribution >= 0.6 is 46.6 Å². The maximum Gasteiger partial charge on any atom is 0.237 e. The topological polar surface area (TPSA) is 70.7 Å². The van der Waals surface area contributed by atoms with E-state index in [0.717, 1.165) is 0 Å². The van der Waals surface area contributed by atoms with Gasteiger partial charge in [-0.1, -0.05) is 52.6 Å². The molecule has 0 unspecified atom stereocenters. The van der Waals surface area contributed by atoms with E-state index in [1.807, 2.05) is 0 Å². The Labute approximate surface area is 157 Å². The first kappa shape index (κ1) is 17.4. The van der Waals surface area contributed by atoms with E-state index >= 15 is 0 Å². The molecule has 0 fully saturated rings. The zero-order valence-electron chi connectivity index (χ0n) is 12.3. The van der Waals surface area contributed by atoms with Crippen molar-refractivity contribution in [3.05, 3.63) is 45.5 Å². The second kappa shape index (κ2) is 7.19. The van der Waals surface area contributed by atoms with E-state index in [1.165, 1.54) is 18.0 Å². The number of H-pyrrole nitrogens is 1. The molecule has 0 aliphatic rings. The maximum absolute atomic E-state index is 12.4. The molecule has 0 bridgehead atoms. The average molecular weight is 402 g/mol. The first-order chi connectivity index (χ1) is 11.4. The first-order valence-corrected chi connectivity index (χ1v) is 8.88. The number of halogens is 3. The fourth-order valence-corrected chi connectivity index (χ4v) is 3.43. The van der Waals surface area contributed by atoms with Gasteiger partial charge in [0.25, 0.3) is 0 Å². The smallest absolute Gasteiger partial charge is 0.237 e. The summed E-state index contributed by atoms with van der Waals surface area (Å²) in [4.78, 5) is 23.9. The van der Waals surface area contributed by atoms with Gasteiger partial charge in [0.1, 0.15) is 0 Å². The van der Waals surface area contributed by atoms with Crippen LogP contribution in [0.4, 0.5) is 5.69 Å². The molecule has 124 valence electrons. The van der Waals surface area contributed by atoms with Crippen LogP contribution in [-0.4, -0.2) is 26.1 Å². The molecule has 0 spiro atoms. The average Bonchev–Trinajstić information content (AvgIpc) is 2.92. The highest BCUT2D eigenvalue weighted by Crippen LogP contribution is 2.31. The van der Waals surface area contributed by atoms with Gasteiger partial charge in [-0.3, -0.25) is 4.79 Å². The number of carbonyl (C=O) groups is 1. The Morgan fingerprint density at radius 1 is 1.29 bits per heavy atom. The Morgan fingerprint density at radius 3 is 2.71 bits per heavy atom. The number of pyridine rings is 1. The summed E-state index contributed by atoms with van der Waals surface area (Å²) in [6, 6.07) is 6.77. The van der Waals surface area contributed by atoms with Crippen molar-refractivity contribution in [2.75, 3.05) is 5.32 Å². The molecule has 0 saturated carbocycles. The fraction of sp³-hybridized carbons (Fsp3) is 0.133. The van der Waals surface area contributed by atoms with Crippen molar-refractivity contribution in [1.82, 2.24) is 15.0 Å². The van der Waals surface area contributed by atoms with E-state index in [2.05, 4.69) is 20.3 Å². The van der Waals surface area contributed by atoms with Crippen molar-refractivity contribution < 1.29 is 4.79 Å². The lowest BCUT2D eigenvalue weighted by Gasteiger charge is -2.12. The third-order valence-corrected chi connectivity index (χ3v) is 4.97. The summed E-state index contributed by atoms with van der Waals surface area (Å²) in [5.41, 5.74) is 1.66. The molecule has 5 nitrogen and oxygen atoms in total. The number of thioether (sulfide) groups is 1. The van der Waals surface area contributed by atoms with Crippen LogP contribution in [-0.2, 0) is 4.79 Å².